The molecule has 1 aromatic carbocycles. The van der Waals surface area contributed by atoms with Crippen molar-refractivity contribution in [2.75, 3.05) is 0 Å². The van der Waals surface area contributed by atoms with E-state index in [9.17, 15) is 4.79 Å². The summed E-state index contributed by atoms with van der Waals surface area (Å²) in [6.45, 7) is 1.92. The Morgan fingerprint density at radius 1 is 1.38 bits per heavy atom. The van der Waals surface area contributed by atoms with Crippen LogP contribution in [0, 0.1) is 0 Å². The smallest absolute Gasteiger partial charge is 0.244 e. The van der Waals surface area contributed by atoms with Crippen molar-refractivity contribution in [3.8, 4) is 0 Å². The largest absolute Gasteiger partial charge is 0.465 e. The van der Waals surface area contributed by atoms with Gasteiger partial charge in [-0.3, -0.25) is 4.79 Å². The maximum Gasteiger partial charge on any atom is 0.244 e. The van der Waals surface area contributed by atoms with E-state index < -0.39 is 0 Å². The molecule has 1 N–H and O–H groups in total. The van der Waals surface area contributed by atoms with Crippen LogP contribution in [0.1, 0.15) is 18.2 Å². The molecule has 1 aromatic heterocycles. The molecular formula is C16H15Cl2NO2. The van der Waals surface area contributed by atoms with E-state index in [1.807, 2.05) is 13.0 Å². The number of furan rings is 1. The first kappa shape index (κ1) is 15.7. The molecule has 0 aliphatic heterocycles. The predicted octanol–water partition coefficient (Wildman–Crippen LogP) is 4.35. The third-order valence-electron chi connectivity index (χ3n) is 2.87. The number of hydrogen-bond donors (Lipinski definition) is 1. The fraction of sp³-hybridized carbons (Fsp3) is 0.188. The zero-order valence-corrected chi connectivity index (χ0v) is 13.0. The van der Waals surface area contributed by atoms with Crippen LogP contribution in [-0.2, 0) is 11.2 Å². The average Bonchev–Trinajstić information content (AvgIpc) is 2.93. The topological polar surface area (TPSA) is 42.2 Å². The fourth-order valence-corrected chi connectivity index (χ4v) is 2.39. The van der Waals surface area contributed by atoms with Gasteiger partial charge >= 0.3 is 0 Å². The van der Waals surface area contributed by atoms with E-state index in [0.29, 0.717) is 22.2 Å². The van der Waals surface area contributed by atoms with E-state index in [1.54, 1.807) is 36.6 Å². The number of hydrogen-bond acceptors (Lipinski definition) is 2. The van der Waals surface area contributed by atoms with E-state index in [0.717, 1.165) is 5.56 Å². The molecule has 0 aliphatic rings. The summed E-state index contributed by atoms with van der Waals surface area (Å²) in [6, 6.07) is 8.85. The molecule has 0 spiro atoms. The van der Waals surface area contributed by atoms with Crippen LogP contribution in [0.3, 0.4) is 0 Å². The van der Waals surface area contributed by atoms with Gasteiger partial charge in [0.2, 0.25) is 5.91 Å². The number of nitrogens with one attached hydrogen (secondary N) is 1. The Kier molecular flexibility index (Phi) is 5.48. The van der Waals surface area contributed by atoms with Crippen LogP contribution < -0.4 is 5.32 Å². The summed E-state index contributed by atoms with van der Waals surface area (Å²) >= 11 is 12.0. The molecule has 3 nitrogen and oxygen atoms in total. The van der Waals surface area contributed by atoms with E-state index >= 15 is 0 Å². The zero-order chi connectivity index (χ0) is 15.2. The van der Waals surface area contributed by atoms with Gasteiger partial charge in [0.25, 0.3) is 0 Å². The summed E-state index contributed by atoms with van der Waals surface area (Å²) < 4.78 is 5.11. The number of benzene rings is 1. The molecule has 1 atom stereocenters. The molecule has 0 saturated heterocycles. The van der Waals surface area contributed by atoms with Crippen LogP contribution in [0.5, 0.6) is 0 Å². The molecule has 2 rings (SSSR count). The van der Waals surface area contributed by atoms with Crippen LogP contribution in [0.15, 0.2) is 47.1 Å². The maximum atomic E-state index is 11.8. The lowest BCUT2D eigenvalue weighted by Crippen LogP contribution is -2.32. The third-order valence-corrected chi connectivity index (χ3v) is 3.46. The van der Waals surface area contributed by atoms with Crippen LogP contribution >= 0.6 is 23.2 Å². The number of carbonyl (C=O) groups is 1. The first-order valence-electron chi connectivity index (χ1n) is 6.50. The zero-order valence-electron chi connectivity index (χ0n) is 11.5. The minimum absolute atomic E-state index is 0.0440. The number of carbonyl (C=O) groups excluding carboxylic acids is 1. The number of amides is 1. The Balaban J connectivity index is 1.89. The lowest BCUT2D eigenvalue weighted by atomic mass is 10.1. The predicted molar refractivity (Wildman–Crippen MR) is 85.5 cm³/mol. The molecular weight excluding hydrogens is 309 g/mol. The Bertz CT molecular complexity index is 636. The maximum absolute atomic E-state index is 11.8. The van der Waals surface area contributed by atoms with Gasteiger partial charge in [0.1, 0.15) is 5.76 Å². The molecule has 110 valence electrons. The Morgan fingerprint density at radius 3 is 2.86 bits per heavy atom. The van der Waals surface area contributed by atoms with Crippen LogP contribution in [0.25, 0.3) is 6.08 Å². The standard InChI is InChI=1S/C16H15Cl2NO2/c1-11(9-12-4-5-13(17)10-15(12)18)19-16(20)7-6-14-3-2-8-21-14/h2-8,10-11H,9H2,1H3,(H,19,20)/b7-6+. The molecule has 21 heavy (non-hydrogen) atoms. The fourth-order valence-electron chi connectivity index (χ4n) is 1.90. The van der Waals surface area contributed by atoms with Crippen molar-refractivity contribution in [3.63, 3.8) is 0 Å². The van der Waals surface area contributed by atoms with Crippen molar-refractivity contribution in [3.05, 3.63) is 64.0 Å². The summed E-state index contributed by atoms with van der Waals surface area (Å²) in [6.07, 6.45) is 5.26. The first-order valence-corrected chi connectivity index (χ1v) is 7.26. The van der Waals surface area contributed by atoms with Crippen molar-refractivity contribution >= 4 is 35.2 Å². The Hall–Kier alpha value is -1.71. The molecule has 0 radical (unpaired) electrons. The molecule has 1 heterocycles. The van der Waals surface area contributed by atoms with Gasteiger partial charge in [-0.15, -0.1) is 0 Å². The monoisotopic (exact) mass is 323 g/mol. The highest BCUT2D eigenvalue weighted by Crippen LogP contribution is 2.22. The highest BCUT2D eigenvalue weighted by Gasteiger charge is 2.09. The Labute approximate surface area is 133 Å². The van der Waals surface area contributed by atoms with Gasteiger partial charge in [0.05, 0.1) is 6.26 Å². The van der Waals surface area contributed by atoms with Crippen LogP contribution in [-0.4, -0.2) is 11.9 Å². The lowest BCUT2D eigenvalue weighted by molar-refractivity contribution is -0.117. The summed E-state index contributed by atoms with van der Waals surface area (Å²) in [4.78, 5) is 11.8. The summed E-state index contributed by atoms with van der Waals surface area (Å²) in [5.41, 5.74) is 0.948. The van der Waals surface area contributed by atoms with E-state index in [4.69, 9.17) is 27.6 Å². The minimum atomic E-state index is -0.177. The van der Waals surface area contributed by atoms with Gasteiger partial charge in [0.15, 0.2) is 0 Å². The normalized spacial score (nSPS) is 12.5. The molecule has 0 saturated carbocycles. The van der Waals surface area contributed by atoms with Crippen molar-refractivity contribution in [2.45, 2.75) is 19.4 Å². The van der Waals surface area contributed by atoms with Crippen molar-refractivity contribution in [1.29, 1.82) is 0 Å². The summed E-state index contributed by atoms with van der Waals surface area (Å²) in [5, 5.41) is 4.08. The van der Waals surface area contributed by atoms with E-state index in [-0.39, 0.29) is 11.9 Å². The SMILES string of the molecule is CC(Cc1ccc(Cl)cc1Cl)NC(=O)/C=C/c1ccco1. The van der Waals surface area contributed by atoms with Gasteiger partial charge in [-0.2, -0.15) is 0 Å². The van der Waals surface area contributed by atoms with Crippen molar-refractivity contribution in [2.24, 2.45) is 0 Å². The highest BCUT2D eigenvalue weighted by atomic mass is 35.5. The van der Waals surface area contributed by atoms with Crippen molar-refractivity contribution < 1.29 is 9.21 Å². The quantitative estimate of drug-likeness (QED) is 0.831. The van der Waals surface area contributed by atoms with Crippen molar-refractivity contribution in [1.82, 2.24) is 5.32 Å². The molecule has 1 amide bonds. The van der Waals surface area contributed by atoms with Gasteiger partial charge in [-0.1, -0.05) is 29.3 Å². The molecule has 1 unspecified atom stereocenters. The first-order chi connectivity index (χ1) is 10.0. The molecule has 5 heteroatoms. The third kappa shape index (κ3) is 4.96. The van der Waals surface area contributed by atoms with Gasteiger partial charge < -0.3 is 9.73 Å². The molecule has 0 fully saturated rings. The number of halogens is 2. The molecule has 0 aliphatic carbocycles. The van der Waals surface area contributed by atoms with Crippen LogP contribution in [0.4, 0.5) is 0 Å². The minimum Gasteiger partial charge on any atom is -0.465 e. The second-order valence-electron chi connectivity index (χ2n) is 4.70. The van der Waals surface area contributed by atoms with Gasteiger partial charge in [0, 0.05) is 22.2 Å². The van der Waals surface area contributed by atoms with Gasteiger partial charge in [-0.05, 0) is 49.2 Å². The average molecular weight is 324 g/mol. The van der Waals surface area contributed by atoms with Crippen LogP contribution in [0.2, 0.25) is 10.0 Å². The van der Waals surface area contributed by atoms with E-state index in [2.05, 4.69) is 5.32 Å². The second kappa shape index (κ2) is 7.34. The van der Waals surface area contributed by atoms with Gasteiger partial charge in [-0.25, -0.2) is 0 Å². The second-order valence-corrected chi connectivity index (χ2v) is 5.54. The Morgan fingerprint density at radius 2 is 2.19 bits per heavy atom. The highest BCUT2D eigenvalue weighted by molar-refractivity contribution is 6.35. The summed E-state index contributed by atoms with van der Waals surface area (Å²) in [7, 11) is 0. The lowest BCUT2D eigenvalue weighted by Gasteiger charge is -2.13. The molecule has 0 bridgehead atoms. The molecule has 2 aromatic rings. The summed E-state index contributed by atoms with van der Waals surface area (Å²) in [5.74, 6) is 0.461. The van der Waals surface area contributed by atoms with E-state index in [1.165, 1.54) is 6.08 Å². The number of rotatable bonds is 5.